The molecule has 4 heteroatoms. The summed E-state index contributed by atoms with van der Waals surface area (Å²) >= 11 is 0. The van der Waals surface area contributed by atoms with E-state index in [0.29, 0.717) is 17.0 Å². The number of primary amides is 2. The van der Waals surface area contributed by atoms with Crippen molar-refractivity contribution in [1.82, 2.24) is 0 Å². The Balaban J connectivity index is 2.20. The fourth-order valence-electron chi connectivity index (χ4n) is 3.29. The number of nitrogens with two attached hydrogens (primary N) is 2. The van der Waals surface area contributed by atoms with Gasteiger partial charge < -0.3 is 11.5 Å². The van der Waals surface area contributed by atoms with Gasteiger partial charge in [-0.05, 0) is 85.0 Å². The number of carbonyl (C=O) groups is 2. The highest BCUT2D eigenvalue weighted by Crippen LogP contribution is 2.39. The van der Waals surface area contributed by atoms with Gasteiger partial charge in [-0.3, -0.25) is 9.59 Å². The van der Waals surface area contributed by atoms with Crippen LogP contribution in [0.25, 0.3) is 11.1 Å². The largest absolute Gasteiger partial charge is 0.366 e. The molecule has 0 aliphatic heterocycles. The summed E-state index contributed by atoms with van der Waals surface area (Å²) in [5, 5.41) is 0. The summed E-state index contributed by atoms with van der Waals surface area (Å²) in [7, 11) is 0. The first-order valence-electron chi connectivity index (χ1n) is 8.21. The van der Waals surface area contributed by atoms with E-state index in [1.165, 1.54) is 12.8 Å². The Morgan fingerprint density at radius 1 is 1.00 bits per heavy atom. The van der Waals surface area contributed by atoms with Crippen molar-refractivity contribution in [3.05, 3.63) is 58.1 Å². The van der Waals surface area contributed by atoms with Gasteiger partial charge in [0.05, 0.1) is 0 Å². The lowest BCUT2D eigenvalue weighted by Gasteiger charge is -2.18. The normalized spacial score (nSPS) is 13.8. The number of benzene rings is 2. The summed E-state index contributed by atoms with van der Waals surface area (Å²) in [5.41, 5.74) is 17.2. The van der Waals surface area contributed by atoms with Crippen LogP contribution in [0.2, 0.25) is 0 Å². The number of hydrogen-bond donors (Lipinski definition) is 2. The Hall–Kier alpha value is -2.62. The van der Waals surface area contributed by atoms with Crippen molar-refractivity contribution in [3.63, 3.8) is 0 Å². The fourth-order valence-corrected chi connectivity index (χ4v) is 3.29. The van der Waals surface area contributed by atoms with E-state index in [1.54, 1.807) is 12.1 Å². The second-order valence-corrected chi connectivity index (χ2v) is 6.69. The summed E-state index contributed by atoms with van der Waals surface area (Å²) in [4.78, 5) is 23.3. The van der Waals surface area contributed by atoms with Crippen molar-refractivity contribution in [2.75, 3.05) is 0 Å². The van der Waals surface area contributed by atoms with Crippen molar-refractivity contribution < 1.29 is 9.59 Å². The summed E-state index contributed by atoms with van der Waals surface area (Å²) in [6.45, 7) is 4.00. The average Bonchev–Trinajstić information content (AvgIpc) is 3.32. The molecular weight excluding hydrogens is 300 g/mol. The van der Waals surface area contributed by atoms with Gasteiger partial charge in [0.25, 0.3) is 0 Å². The number of amides is 2. The van der Waals surface area contributed by atoms with Gasteiger partial charge in [0, 0.05) is 11.1 Å². The maximum atomic E-state index is 11.9. The number of carbonyl (C=O) groups excluding carboxylic acids is 2. The fraction of sp³-hybridized carbons (Fsp3) is 0.300. The van der Waals surface area contributed by atoms with E-state index in [4.69, 9.17) is 11.5 Å². The third-order valence-electron chi connectivity index (χ3n) is 4.76. The minimum Gasteiger partial charge on any atom is -0.366 e. The predicted molar refractivity (Wildman–Crippen MR) is 94.8 cm³/mol. The lowest BCUT2D eigenvalue weighted by molar-refractivity contribution is 0.0991. The smallest absolute Gasteiger partial charge is 0.248 e. The standard InChI is InChI=1S/C20H22N2O2/c1-11-3-7-16(20(22)24)17(10-13-4-5-13)18(11)15-8-6-14(19(21)23)9-12(15)2/h3,6-9,13H,4-5,10H2,1-2H3,(H2,21,23)(H2,22,24). The first kappa shape index (κ1) is 16.2. The first-order valence-corrected chi connectivity index (χ1v) is 8.21. The molecule has 0 aromatic heterocycles. The number of hydrogen-bond acceptors (Lipinski definition) is 2. The van der Waals surface area contributed by atoms with Crippen molar-refractivity contribution in [2.45, 2.75) is 33.1 Å². The van der Waals surface area contributed by atoms with Crippen molar-refractivity contribution in [1.29, 1.82) is 0 Å². The van der Waals surface area contributed by atoms with E-state index < -0.39 is 11.8 Å². The van der Waals surface area contributed by atoms with Gasteiger partial charge in [-0.1, -0.05) is 12.1 Å². The van der Waals surface area contributed by atoms with Crippen LogP contribution < -0.4 is 11.5 Å². The average molecular weight is 322 g/mol. The van der Waals surface area contributed by atoms with Crippen molar-refractivity contribution in [3.8, 4) is 11.1 Å². The molecule has 1 fully saturated rings. The molecule has 2 amide bonds. The topological polar surface area (TPSA) is 86.2 Å². The van der Waals surface area contributed by atoms with Crippen molar-refractivity contribution >= 4 is 11.8 Å². The molecule has 24 heavy (non-hydrogen) atoms. The molecule has 2 aromatic rings. The summed E-state index contributed by atoms with van der Waals surface area (Å²) < 4.78 is 0. The lowest BCUT2D eigenvalue weighted by Crippen LogP contribution is -2.16. The van der Waals surface area contributed by atoms with E-state index in [0.717, 1.165) is 34.2 Å². The highest BCUT2D eigenvalue weighted by molar-refractivity contribution is 5.98. The molecule has 1 saturated carbocycles. The number of rotatable bonds is 5. The molecule has 3 rings (SSSR count). The minimum absolute atomic E-state index is 0.390. The number of aryl methyl sites for hydroxylation is 2. The van der Waals surface area contributed by atoms with Crippen LogP contribution >= 0.6 is 0 Å². The quantitative estimate of drug-likeness (QED) is 0.886. The zero-order valence-corrected chi connectivity index (χ0v) is 14.1. The SMILES string of the molecule is Cc1cc(C(N)=O)ccc1-c1c(C)ccc(C(N)=O)c1CC1CC1. The Bertz CT molecular complexity index is 836. The molecule has 0 unspecified atom stereocenters. The molecule has 0 radical (unpaired) electrons. The Morgan fingerprint density at radius 2 is 1.71 bits per heavy atom. The molecule has 0 bridgehead atoms. The van der Waals surface area contributed by atoms with Gasteiger partial charge in [0.2, 0.25) is 11.8 Å². The zero-order valence-electron chi connectivity index (χ0n) is 14.1. The van der Waals surface area contributed by atoms with Gasteiger partial charge in [0.15, 0.2) is 0 Å². The zero-order chi connectivity index (χ0) is 17.4. The first-order chi connectivity index (χ1) is 11.4. The highest BCUT2D eigenvalue weighted by Gasteiger charge is 2.26. The van der Waals surface area contributed by atoms with Crippen LogP contribution in [-0.4, -0.2) is 11.8 Å². The summed E-state index contributed by atoms with van der Waals surface area (Å²) in [5.74, 6) is -0.197. The molecule has 0 saturated heterocycles. The van der Waals surface area contributed by atoms with Crippen LogP contribution in [0.1, 0.15) is 50.2 Å². The van der Waals surface area contributed by atoms with E-state index >= 15 is 0 Å². The van der Waals surface area contributed by atoms with Crippen LogP contribution in [-0.2, 0) is 6.42 Å². The van der Waals surface area contributed by atoms with E-state index in [2.05, 4.69) is 0 Å². The van der Waals surface area contributed by atoms with Crippen LogP contribution in [0.3, 0.4) is 0 Å². The van der Waals surface area contributed by atoms with Crippen LogP contribution in [0.4, 0.5) is 0 Å². The molecule has 0 spiro atoms. The minimum atomic E-state index is -0.439. The maximum absolute atomic E-state index is 11.9. The summed E-state index contributed by atoms with van der Waals surface area (Å²) in [6.07, 6.45) is 3.27. The lowest BCUT2D eigenvalue weighted by atomic mass is 9.86. The molecule has 124 valence electrons. The molecule has 4 N–H and O–H groups in total. The van der Waals surface area contributed by atoms with Crippen LogP contribution in [0, 0.1) is 19.8 Å². The second kappa shape index (κ2) is 6.11. The molecule has 1 aliphatic carbocycles. The maximum Gasteiger partial charge on any atom is 0.248 e. The molecule has 0 atom stereocenters. The molecular formula is C20H22N2O2. The van der Waals surface area contributed by atoms with Gasteiger partial charge in [-0.25, -0.2) is 0 Å². The Morgan fingerprint density at radius 3 is 2.25 bits per heavy atom. The predicted octanol–water partition coefficient (Wildman–Crippen LogP) is 3.12. The van der Waals surface area contributed by atoms with Crippen LogP contribution in [0.15, 0.2) is 30.3 Å². The second-order valence-electron chi connectivity index (χ2n) is 6.69. The molecule has 1 aliphatic rings. The Kier molecular flexibility index (Phi) is 4.14. The van der Waals surface area contributed by atoms with Crippen LogP contribution in [0.5, 0.6) is 0 Å². The van der Waals surface area contributed by atoms with Gasteiger partial charge in [0.1, 0.15) is 0 Å². The summed E-state index contributed by atoms with van der Waals surface area (Å²) in [6, 6.07) is 9.22. The molecule has 2 aromatic carbocycles. The highest BCUT2D eigenvalue weighted by atomic mass is 16.1. The monoisotopic (exact) mass is 322 g/mol. The van der Waals surface area contributed by atoms with E-state index in [1.807, 2.05) is 32.0 Å². The third-order valence-corrected chi connectivity index (χ3v) is 4.76. The van der Waals surface area contributed by atoms with Gasteiger partial charge in [-0.15, -0.1) is 0 Å². The van der Waals surface area contributed by atoms with Crippen molar-refractivity contribution in [2.24, 2.45) is 17.4 Å². The molecule has 4 nitrogen and oxygen atoms in total. The third kappa shape index (κ3) is 3.04. The Labute approximate surface area is 141 Å². The van der Waals surface area contributed by atoms with Gasteiger partial charge >= 0.3 is 0 Å². The van der Waals surface area contributed by atoms with Gasteiger partial charge in [-0.2, -0.15) is 0 Å². The van der Waals surface area contributed by atoms with E-state index in [-0.39, 0.29) is 0 Å². The van der Waals surface area contributed by atoms with E-state index in [9.17, 15) is 9.59 Å². The molecule has 0 heterocycles.